The summed E-state index contributed by atoms with van der Waals surface area (Å²) in [5.74, 6) is 1.40. The van der Waals surface area contributed by atoms with Crippen LogP contribution in [0.15, 0.2) is 18.2 Å². The van der Waals surface area contributed by atoms with Crippen LogP contribution in [0, 0.1) is 5.92 Å². The second-order valence-electron chi connectivity index (χ2n) is 5.37. The van der Waals surface area contributed by atoms with Crippen LogP contribution < -0.4 is 4.74 Å². The highest BCUT2D eigenvalue weighted by atomic mass is 35.5. The number of carbonyl (C=O) groups excluding carboxylic acids is 1. The van der Waals surface area contributed by atoms with Gasteiger partial charge in [0.1, 0.15) is 11.5 Å². The molecule has 1 rings (SSSR count). The number of benzene rings is 1. The Balaban J connectivity index is 0.00000211. The molecule has 0 aromatic heterocycles. The molecule has 0 bridgehead atoms. The summed E-state index contributed by atoms with van der Waals surface area (Å²) in [6, 6.07) is 5.81. The van der Waals surface area contributed by atoms with E-state index in [1.54, 1.807) is 0 Å². The summed E-state index contributed by atoms with van der Waals surface area (Å²) in [4.78, 5) is 11.5. The lowest BCUT2D eigenvalue weighted by Gasteiger charge is -2.08. The van der Waals surface area contributed by atoms with E-state index in [0.717, 1.165) is 42.0 Å². The Hall–Kier alpha value is -1.02. The summed E-state index contributed by atoms with van der Waals surface area (Å²) in [5.41, 5.74) is 1.13. The summed E-state index contributed by atoms with van der Waals surface area (Å²) in [7, 11) is 0. The molecule has 1 aromatic carbocycles. The zero-order valence-corrected chi connectivity index (χ0v) is 15.5. The average molecular weight is 327 g/mol. The van der Waals surface area contributed by atoms with Gasteiger partial charge in [-0.3, -0.25) is 4.79 Å². The van der Waals surface area contributed by atoms with Gasteiger partial charge in [-0.25, -0.2) is 0 Å². The van der Waals surface area contributed by atoms with Gasteiger partial charge in [-0.1, -0.05) is 45.7 Å². The number of aryl methyl sites for hydroxylation is 1. The highest BCUT2D eigenvalue weighted by Crippen LogP contribution is 2.24. The van der Waals surface area contributed by atoms with Gasteiger partial charge in [0.15, 0.2) is 0 Å². The number of ketones is 1. The molecule has 1 aromatic rings. The van der Waals surface area contributed by atoms with Gasteiger partial charge in [-0.2, -0.15) is 0 Å². The smallest absolute Gasteiger partial charge is 0.135 e. The molecule has 0 aliphatic carbocycles. The zero-order chi connectivity index (χ0) is 17.0. The largest absolute Gasteiger partial charge is 0.494 e. The van der Waals surface area contributed by atoms with Gasteiger partial charge in [-0.05, 0) is 49.9 Å². The predicted molar refractivity (Wildman–Crippen MR) is 96.0 cm³/mol. The molecule has 0 spiro atoms. The van der Waals surface area contributed by atoms with Crippen molar-refractivity contribution >= 4 is 17.4 Å². The second kappa shape index (κ2) is 12.5. The average Bonchev–Trinajstić information content (AvgIpc) is 2.51. The number of ether oxygens (including phenoxy) is 1. The molecule has 22 heavy (non-hydrogen) atoms. The Morgan fingerprint density at radius 1 is 1.18 bits per heavy atom. The van der Waals surface area contributed by atoms with Gasteiger partial charge >= 0.3 is 0 Å². The third kappa shape index (κ3) is 8.43. The van der Waals surface area contributed by atoms with Crippen molar-refractivity contribution < 1.29 is 9.53 Å². The lowest BCUT2D eigenvalue weighted by atomic mass is 10.0. The third-order valence-corrected chi connectivity index (χ3v) is 3.71. The van der Waals surface area contributed by atoms with Crippen molar-refractivity contribution in [3.8, 4) is 5.75 Å². The molecule has 0 unspecified atom stereocenters. The van der Waals surface area contributed by atoms with Crippen molar-refractivity contribution in [2.24, 2.45) is 5.92 Å². The van der Waals surface area contributed by atoms with Crippen LogP contribution in [-0.2, 0) is 11.2 Å². The fraction of sp³-hybridized carbons (Fsp3) is 0.632. The summed E-state index contributed by atoms with van der Waals surface area (Å²) in [5, 5.41) is 0.798. The molecule has 0 fully saturated rings. The van der Waals surface area contributed by atoms with Crippen LogP contribution in [0.3, 0.4) is 0 Å². The maximum atomic E-state index is 11.5. The zero-order valence-electron chi connectivity index (χ0n) is 14.7. The Morgan fingerprint density at radius 2 is 1.86 bits per heavy atom. The summed E-state index contributed by atoms with van der Waals surface area (Å²) in [6.07, 6.45) is 4.73. The molecular weight excluding hydrogens is 296 g/mol. The Kier molecular flexibility index (Phi) is 11.9. The van der Waals surface area contributed by atoms with E-state index in [4.69, 9.17) is 16.3 Å². The highest BCUT2D eigenvalue weighted by molar-refractivity contribution is 6.31. The first-order valence-corrected chi connectivity index (χ1v) is 8.86. The van der Waals surface area contributed by atoms with Crippen molar-refractivity contribution in [2.75, 3.05) is 6.61 Å². The first-order chi connectivity index (χ1) is 10.5. The first kappa shape index (κ1) is 21.0. The lowest BCUT2D eigenvalue weighted by molar-refractivity contribution is -0.122. The topological polar surface area (TPSA) is 26.3 Å². The van der Waals surface area contributed by atoms with Crippen molar-refractivity contribution in [3.63, 3.8) is 0 Å². The molecule has 3 heteroatoms. The molecule has 0 N–H and O–H groups in total. The number of hydrogen-bond acceptors (Lipinski definition) is 2. The summed E-state index contributed by atoms with van der Waals surface area (Å²) in [6.45, 7) is 10.6. The van der Waals surface area contributed by atoms with Crippen molar-refractivity contribution in [3.05, 3.63) is 28.8 Å². The minimum Gasteiger partial charge on any atom is -0.494 e. The van der Waals surface area contributed by atoms with E-state index in [-0.39, 0.29) is 5.92 Å². The van der Waals surface area contributed by atoms with Crippen molar-refractivity contribution in [2.45, 2.75) is 66.7 Å². The number of Topliss-reactive ketones (excluding diaryl/α,β-unsaturated/α-hetero) is 1. The molecular formula is C19H31ClO2. The fourth-order valence-electron chi connectivity index (χ4n) is 2.08. The molecule has 0 heterocycles. The van der Waals surface area contributed by atoms with E-state index < -0.39 is 0 Å². The van der Waals surface area contributed by atoms with E-state index in [1.165, 1.54) is 0 Å². The van der Waals surface area contributed by atoms with Gasteiger partial charge < -0.3 is 4.74 Å². The number of unbranched alkanes of at least 4 members (excludes halogenated alkanes) is 2. The van der Waals surface area contributed by atoms with Gasteiger partial charge in [0.05, 0.1) is 6.61 Å². The van der Waals surface area contributed by atoms with Crippen LogP contribution in [0.2, 0.25) is 5.02 Å². The molecule has 126 valence electrons. The van der Waals surface area contributed by atoms with Crippen LogP contribution in [0.4, 0.5) is 0 Å². The van der Waals surface area contributed by atoms with E-state index in [9.17, 15) is 4.79 Å². The Labute approximate surface area is 141 Å². The first-order valence-electron chi connectivity index (χ1n) is 8.48. The van der Waals surface area contributed by atoms with Gasteiger partial charge in [0.25, 0.3) is 0 Å². The molecule has 0 saturated carbocycles. The maximum Gasteiger partial charge on any atom is 0.135 e. The molecule has 0 aliphatic rings. The molecule has 0 aliphatic heterocycles. The predicted octanol–water partition coefficient (Wildman–Crippen LogP) is 6.09. The minimum atomic E-state index is 0.160. The van der Waals surface area contributed by atoms with Gasteiger partial charge in [-0.15, -0.1) is 0 Å². The van der Waals surface area contributed by atoms with Gasteiger partial charge in [0.2, 0.25) is 0 Å². The van der Waals surface area contributed by atoms with Crippen LogP contribution in [0.1, 0.15) is 65.9 Å². The van der Waals surface area contributed by atoms with E-state index in [2.05, 4.69) is 0 Å². The van der Waals surface area contributed by atoms with Crippen LogP contribution in [0.25, 0.3) is 0 Å². The third-order valence-electron chi connectivity index (χ3n) is 3.34. The molecule has 0 radical (unpaired) electrons. The number of halogens is 1. The summed E-state index contributed by atoms with van der Waals surface area (Å²) < 4.78 is 5.48. The molecule has 0 amide bonds. The normalized spacial score (nSPS) is 10.1. The fourth-order valence-corrected chi connectivity index (χ4v) is 2.29. The summed E-state index contributed by atoms with van der Waals surface area (Å²) >= 11 is 6.19. The number of hydrogen-bond donors (Lipinski definition) is 0. The Morgan fingerprint density at radius 3 is 2.45 bits per heavy atom. The monoisotopic (exact) mass is 326 g/mol. The lowest BCUT2D eigenvalue weighted by Crippen LogP contribution is -2.06. The van der Waals surface area contributed by atoms with Crippen LogP contribution in [0.5, 0.6) is 5.75 Å². The van der Waals surface area contributed by atoms with E-state index >= 15 is 0 Å². The maximum absolute atomic E-state index is 11.5. The van der Waals surface area contributed by atoms with E-state index in [1.807, 2.05) is 52.8 Å². The van der Waals surface area contributed by atoms with Crippen LogP contribution >= 0.6 is 11.6 Å². The quantitative estimate of drug-likeness (QED) is 0.513. The molecule has 0 saturated heterocycles. The van der Waals surface area contributed by atoms with Crippen LogP contribution in [-0.4, -0.2) is 12.4 Å². The highest BCUT2D eigenvalue weighted by Gasteiger charge is 2.07. The minimum absolute atomic E-state index is 0.160. The van der Waals surface area contributed by atoms with E-state index in [0.29, 0.717) is 18.8 Å². The van der Waals surface area contributed by atoms with Crippen molar-refractivity contribution in [1.29, 1.82) is 0 Å². The standard InChI is InChI=1S/C17H25ClO2.C2H6/c1-4-20-15-10-11-16(18)14(12-15)8-6-5-7-9-17(19)13(2)3;1-2/h10-13H,4-9H2,1-3H3;1-2H3. The number of rotatable bonds is 9. The Bertz CT molecular complexity index is 427. The van der Waals surface area contributed by atoms with Crippen molar-refractivity contribution in [1.82, 2.24) is 0 Å². The second-order valence-corrected chi connectivity index (χ2v) is 5.78. The SMILES string of the molecule is CC.CCOc1ccc(Cl)c(CCCCCC(=O)C(C)C)c1. The van der Waals surface area contributed by atoms with Gasteiger partial charge in [0, 0.05) is 17.4 Å². The molecule has 0 atom stereocenters. The molecule has 2 nitrogen and oxygen atoms in total. The number of carbonyl (C=O) groups is 1.